The third-order valence-electron chi connectivity index (χ3n) is 2.63. The van der Waals surface area contributed by atoms with Crippen molar-refractivity contribution in [2.75, 3.05) is 5.75 Å². The molecule has 1 rings (SSSR count). The number of hydrogen-bond acceptors (Lipinski definition) is 4. The Kier molecular flexibility index (Phi) is 4.84. The largest absolute Gasteiger partial charge is 0.329 e. The molecule has 0 radical (unpaired) electrons. The molecule has 0 saturated carbocycles. The Labute approximate surface area is 101 Å². The van der Waals surface area contributed by atoms with E-state index in [2.05, 4.69) is 11.1 Å². The van der Waals surface area contributed by atoms with Crippen LogP contribution in [0.15, 0.2) is 17.6 Å². The number of nitrogens with two attached hydrogens (primary N) is 1. The quantitative estimate of drug-likeness (QED) is 0.607. The molecular weight excluding hydrogens is 220 g/mol. The van der Waals surface area contributed by atoms with Crippen molar-refractivity contribution in [3.63, 3.8) is 0 Å². The lowest BCUT2D eigenvalue weighted by molar-refractivity contribution is 0.478. The molecule has 1 unspecified atom stereocenters. The molecule has 1 aromatic heterocycles. The van der Waals surface area contributed by atoms with Crippen molar-refractivity contribution in [2.45, 2.75) is 36.9 Å². The first-order chi connectivity index (χ1) is 7.61. The summed E-state index contributed by atoms with van der Waals surface area (Å²) in [7, 11) is 1.98. The van der Waals surface area contributed by atoms with E-state index < -0.39 is 5.54 Å². The maximum absolute atomic E-state index is 8.91. The van der Waals surface area contributed by atoms with Crippen molar-refractivity contribution in [3.05, 3.63) is 12.4 Å². The van der Waals surface area contributed by atoms with E-state index in [1.165, 1.54) is 0 Å². The minimum absolute atomic E-state index is 0.651. The number of aryl methyl sites for hydroxylation is 1. The molecule has 0 bridgehead atoms. The van der Waals surface area contributed by atoms with Crippen LogP contribution in [0.1, 0.15) is 26.2 Å². The van der Waals surface area contributed by atoms with Crippen molar-refractivity contribution >= 4 is 11.8 Å². The van der Waals surface area contributed by atoms with E-state index in [0.29, 0.717) is 6.42 Å². The Hall–Kier alpha value is -0.990. The fourth-order valence-corrected chi connectivity index (χ4v) is 2.22. The molecular formula is C11H18N4S. The van der Waals surface area contributed by atoms with E-state index in [1.54, 1.807) is 18.0 Å². The van der Waals surface area contributed by atoms with Gasteiger partial charge in [0.15, 0.2) is 5.16 Å². The fraction of sp³-hybridized carbons (Fsp3) is 0.636. The van der Waals surface area contributed by atoms with Crippen LogP contribution in [0.25, 0.3) is 0 Å². The van der Waals surface area contributed by atoms with Gasteiger partial charge in [0.25, 0.3) is 0 Å². The van der Waals surface area contributed by atoms with E-state index in [9.17, 15) is 0 Å². The number of imidazole rings is 1. The van der Waals surface area contributed by atoms with Crippen molar-refractivity contribution in [1.29, 1.82) is 5.26 Å². The van der Waals surface area contributed by atoms with Gasteiger partial charge in [0.1, 0.15) is 5.54 Å². The molecule has 0 aromatic carbocycles. The summed E-state index contributed by atoms with van der Waals surface area (Å²) in [6.07, 6.45) is 6.11. The Morgan fingerprint density at radius 3 is 2.94 bits per heavy atom. The first kappa shape index (κ1) is 13.1. The monoisotopic (exact) mass is 238 g/mol. The maximum Gasteiger partial charge on any atom is 0.167 e. The molecule has 0 aliphatic rings. The van der Waals surface area contributed by atoms with Gasteiger partial charge in [0.05, 0.1) is 6.07 Å². The van der Waals surface area contributed by atoms with Crippen molar-refractivity contribution in [2.24, 2.45) is 12.8 Å². The van der Waals surface area contributed by atoms with Gasteiger partial charge in [0, 0.05) is 25.2 Å². The lowest BCUT2D eigenvalue weighted by Gasteiger charge is -2.18. The number of rotatable bonds is 6. The predicted octanol–water partition coefficient (Wildman–Crippen LogP) is 1.92. The Morgan fingerprint density at radius 1 is 1.69 bits per heavy atom. The van der Waals surface area contributed by atoms with Gasteiger partial charge < -0.3 is 10.3 Å². The molecule has 0 saturated heterocycles. The van der Waals surface area contributed by atoms with E-state index in [4.69, 9.17) is 11.0 Å². The number of nitriles is 1. The van der Waals surface area contributed by atoms with Crippen molar-refractivity contribution < 1.29 is 0 Å². The molecule has 0 spiro atoms. The molecule has 1 atom stereocenters. The lowest BCUT2D eigenvalue weighted by atomic mass is 9.94. The van der Waals surface area contributed by atoms with Gasteiger partial charge in [0.2, 0.25) is 0 Å². The van der Waals surface area contributed by atoms with Crippen LogP contribution in [0.4, 0.5) is 0 Å². The molecule has 0 fully saturated rings. The molecule has 1 aromatic rings. The minimum atomic E-state index is -0.651. The minimum Gasteiger partial charge on any atom is -0.329 e. The highest BCUT2D eigenvalue weighted by atomic mass is 32.2. The Balaban J connectivity index is 2.28. The van der Waals surface area contributed by atoms with E-state index in [1.807, 2.05) is 24.7 Å². The Bertz CT molecular complexity index is 368. The zero-order chi connectivity index (χ0) is 12.0. The molecule has 2 N–H and O–H groups in total. The summed E-state index contributed by atoms with van der Waals surface area (Å²) in [5.74, 6) is 0.950. The zero-order valence-corrected chi connectivity index (χ0v) is 10.6. The topological polar surface area (TPSA) is 67.6 Å². The van der Waals surface area contributed by atoms with Gasteiger partial charge in [-0.2, -0.15) is 5.26 Å². The second-order valence-corrected chi connectivity index (χ2v) is 4.96. The van der Waals surface area contributed by atoms with Gasteiger partial charge in [-0.05, 0) is 19.3 Å². The SMILES string of the molecule is CCC(N)(C#N)CCCSc1nccn1C. The highest BCUT2D eigenvalue weighted by Crippen LogP contribution is 2.19. The van der Waals surface area contributed by atoms with Crippen molar-refractivity contribution in [3.8, 4) is 6.07 Å². The van der Waals surface area contributed by atoms with Gasteiger partial charge in [-0.3, -0.25) is 0 Å². The average Bonchev–Trinajstić information content (AvgIpc) is 2.70. The summed E-state index contributed by atoms with van der Waals surface area (Å²) in [5, 5.41) is 9.92. The molecule has 4 nitrogen and oxygen atoms in total. The molecule has 0 amide bonds. The van der Waals surface area contributed by atoms with E-state index in [0.717, 1.165) is 23.8 Å². The normalized spacial score (nSPS) is 14.4. The molecule has 1 heterocycles. The fourth-order valence-electron chi connectivity index (χ4n) is 1.35. The van der Waals surface area contributed by atoms with E-state index in [-0.39, 0.29) is 0 Å². The van der Waals surface area contributed by atoms with Crippen LogP contribution in [0.3, 0.4) is 0 Å². The number of hydrogen-bond donors (Lipinski definition) is 1. The highest BCUT2D eigenvalue weighted by Gasteiger charge is 2.20. The summed E-state index contributed by atoms with van der Waals surface area (Å²) in [5.41, 5.74) is 5.24. The number of aromatic nitrogens is 2. The van der Waals surface area contributed by atoms with Crippen LogP contribution in [-0.2, 0) is 7.05 Å². The standard InChI is InChI=1S/C11H18N4S/c1-3-11(13,9-12)5-4-8-16-10-14-6-7-15(10)2/h6-7H,3-5,8,13H2,1-2H3. The predicted molar refractivity (Wildman–Crippen MR) is 66.0 cm³/mol. The van der Waals surface area contributed by atoms with Crippen LogP contribution in [0.2, 0.25) is 0 Å². The number of thioether (sulfide) groups is 1. The molecule has 0 aliphatic heterocycles. The Morgan fingerprint density at radius 2 is 2.44 bits per heavy atom. The third kappa shape index (κ3) is 3.54. The molecule has 0 aliphatic carbocycles. The van der Waals surface area contributed by atoms with Gasteiger partial charge in [-0.25, -0.2) is 4.98 Å². The molecule has 88 valence electrons. The van der Waals surface area contributed by atoms with Crippen molar-refractivity contribution in [1.82, 2.24) is 9.55 Å². The van der Waals surface area contributed by atoms with Crippen LogP contribution in [0, 0.1) is 11.3 Å². The van der Waals surface area contributed by atoms with Crippen LogP contribution < -0.4 is 5.73 Å². The first-order valence-corrected chi connectivity index (χ1v) is 6.40. The summed E-state index contributed by atoms with van der Waals surface area (Å²) in [6, 6.07) is 2.18. The maximum atomic E-state index is 8.91. The van der Waals surface area contributed by atoms with Gasteiger partial charge >= 0.3 is 0 Å². The number of nitrogens with zero attached hydrogens (tertiary/aromatic N) is 3. The zero-order valence-electron chi connectivity index (χ0n) is 9.81. The third-order valence-corrected chi connectivity index (χ3v) is 3.77. The van der Waals surface area contributed by atoms with Crippen LogP contribution in [-0.4, -0.2) is 20.8 Å². The van der Waals surface area contributed by atoms with E-state index >= 15 is 0 Å². The smallest absolute Gasteiger partial charge is 0.167 e. The highest BCUT2D eigenvalue weighted by molar-refractivity contribution is 7.99. The second-order valence-electron chi connectivity index (χ2n) is 3.89. The van der Waals surface area contributed by atoms with Crippen LogP contribution in [0.5, 0.6) is 0 Å². The summed E-state index contributed by atoms with van der Waals surface area (Å²) >= 11 is 1.70. The van der Waals surface area contributed by atoms with Gasteiger partial charge in [-0.15, -0.1) is 0 Å². The average molecular weight is 238 g/mol. The lowest BCUT2D eigenvalue weighted by Crippen LogP contribution is -2.37. The molecule has 5 heteroatoms. The van der Waals surface area contributed by atoms with Gasteiger partial charge in [-0.1, -0.05) is 18.7 Å². The molecule has 16 heavy (non-hydrogen) atoms. The second kappa shape index (κ2) is 5.92. The van der Waals surface area contributed by atoms with Crippen LogP contribution >= 0.6 is 11.8 Å². The summed E-state index contributed by atoms with van der Waals surface area (Å²) in [6.45, 7) is 1.95. The summed E-state index contributed by atoms with van der Waals surface area (Å²) < 4.78 is 1.99. The first-order valence-electron chi connectivity index (χ1n) is 5.41. The summed E-state index contributed by atoms with van der Waals surface area (Å²) in [4.78, 5) is 4.22.